The molecule has 0 saturated carbocycles. The molecule has 0 radical (unpaired) electrons. The smallest absolute Gasteiger partial charge is 0.203 e. The quantitative estimate of drug-likeness (QED) is 0.127. The van der Waals surface area contributed by atoms with Crippen LogP contribution >= 0.6 is 0 Å². The number of aromatic nitrogens is 10. The van der Waals surface area contributed by atoms with Crippen LogP contribution in [-0.2, 0) is 13.1 Å². The summed E-state index contributed by atoms with van der Waals surface area (Å²) >= 11 is 0. The lowest BCUT2D eigenvalue weighted by Crippen LogP contribution is -2.59. The number of rotatable bonds is 11. The molecule has 336 valence electrons. The fourth-order valence-corrected chi connectivity index (χ4v) is 10.5. The van der Waals surface area contributed by atoms with Gasteiger partial charge in [-0.2, -0.15) is 19.2 Å². The molecule has 0 unspecified atom stereocenters. The standard InChI is InChI=1S/C53H54N14/c1-36-55-57-52-50(32-44(59-64(36)52)48-30-40-18-10-12-20-46(40)62(48)34-38-14-6-4-7-15-38)66(42-22-26-54-27-23-42)67(43-24-28-61(3)29-25-43)51-33-45(60-65-37(2)56-58-53(51)65)49-31-41-19-11-13-21-47(41)63(49)35-39-16-8-5-9-17-39/h4-21,30-33,42-43,54H,22-29,34-35H2,1-3H3. The van der Waals surface area contributed by atoms with Crippen LogP contribution in [0.1, 0.15) is 48.5 Å². The maximum absolute atomic E-state index is 5.39. The van der Waals surface area contributed by atoms with E-state index in [1.165, 1.54) is 21.9 Å². The number of hydrazine groups is 1. The van der Waals surface area contributed by atoms with Crippen molar-refractivity contribution in [2.45, 2.75) is 64.7 Å². The van der Waals surface area contributed by atoms with Crippen molar-refractivity contribution in [1.82, 2.24) is 59.0 Å². The molecule has 67 heavy (non-hydrogen) atoms. The summed E-state index contributed by atoms with van der Waals surface area (Å²) in [5.41, 5.74) is 11.9. The molecule has 0 atom stereocenters. The van der Waals surface area contributed by atoms with Crippen LogP contribution in [0.25, 0.3) is 55.9 Å². The van der Waals surface area contributed by atoms with Gasteiger partial charge in [-0.15, -0.1) is 20.4 Å². The number of likely N-dealkylation sites (tertiary alicyclic amines) is 1. The van der Waals surface area contributed by atoms with Gasteiger partial charge in [-0.05, 0) is 120 Å². The number of aryl methyl sites for hydroxylation is 2. The summed E-state index contributed by atoms with van der Waals surface area (Å²) in [6.07, 6.45) is 3.77. The number of hydrogen-bond acceptors (Lipinski definition) is 10. The third kappa shape index (κ3) is 7.46. The molecular formula is C53H54N14. The van der Waals surface area contributed by atoms with Crippen LogP contribution in [0.2, 0.25) is 0 Å². The topological polar surface area (TPSA) is 118 Å². The average molecular weight is 887 g/mol. The van der Waals surface area contributed by atoms with Crippen molar-refractivity contribution in [2.24, 2.45) is 0 Å². The number of nitrogens with zero attached hydrogens (tertiary/aromatic N) is 13. The monoisotopic (exact) mass is 886 g/mol. The van der Waals surface area contributed by atoms with E-state index in [0.717, 1.165) is 120 Å². The zero-order valence-corrected chi connectivity index (χ0v) is 38.2. The molecule has 2 aliphatic rings. The van der Waals surface area contributed by atoms with E-state index in [9.17, 15) is 0 Å². The van der Waals surface area contributed by atoms with Gasteiger partial charge in [0.2, 0.25) is 11.3 Å². The van der Waals surface area contributed by atoms with Gasteiger partial charge in [0, 0.05) is 34.9 Å². The summed E-state index contributed by atoms with van der Waals surface area (Å²) in [6, 6.07) is 48.0. The first-order valence-electron chi connectivity index (χ1n) is 23.6. The zero-order chi connectivity index (χ0) is 45.0. The highest BCUT2D eigenvalue weighted by molar-refractivity contribution is 5.90. The maximum Gasteiger partial charge on any atom is 0.203 e. The summed E-state index contributed by atoms with van der Waals surface area (Å²) in [6.45, 7) is 9.12. The Bertz CT molecular complexity index is 3370. The van der Waals surface area contributed by atoms with E-state index in [1.54, 1.807) is 0 Å². The Kier molecular flexibility index (Phi) is 10.5. The molecule has 2 aliphatic heterocycles. The van der Waals surface area contributed by atoms with Crippen LogP contribution < -0.4 is 15.3 Å². The van der Waals surface area contributed by atoms with Crippen molar-refractivity contribution in [3.8, 4) is 22.8 Å². The first kappa shape index (κ1) is 41.0. The van der Waals surface area contributed by atoms with Crippen molar-refractivity contribution in [3.05, 3.63) is 156 Å². The van der Waals surface area contributed by atoms with E-state index in [-0.39, 0.29) is 12.1 Å². The second kappa shape index (κ2) is 17.1. The van der Waals surface area contributed by atoms with E-state index < -0.39 is 0 Å². The lowest BCUT2D eigenvalue weighted by atomic mass is 10.0. The van der Waals surface area contributed by atoms with Crippen LogP contribution in [0.5, 0.6) is 0 Å². The number of hydrogen-bond donors (Lipinski definition) is 1. The molecule has 8 heterocycles. The molecule has 4 aromatic carbocycles. The lowest BCUT2D eigenvalue weighted by Gasteiger charge is -2.49. The highest BCUT2D eigenvalue weighted by Gasteiger charge is 2.38. The van der Waals surface area contributed by atoms with Gasteiger partial charge in [-0.25, -0.2) is 0 Å². The highest BCUT2D eigenvalue weighted by atomic mass is 15.7. The molecule has 0 spiro atoms. The van der Waals surface area contributed by atoms with Gasteiger partial charge in [0.25, 0.3) is 0 Å². The van der Waals surface area contributed by atoms with Crippen molar-refractivity contribution in [3.63, 3.8) is 0 Å². The maximum atomic E-state index is 5.39. The number of para-hydroxylation sites is 2. The molecule has 12 rings (SSSR count). The largest absolute Gasteiger partial charge is 0.335 e. The van der Waals surface area contributed by atoms with Crippen LogP contribution in [-0.4, -0.2) is 99.0 Å². The minimum atomic E-state index is 0.109. The Morgan fingerprint density at radius 1 is 0.522 bits per heavy atom. The van der Waals surface area contributed by atoms with Crippen molar-refractivity contribution >= 4 is 44.5 Å². The summed E-state index contributed by atoms with van der Waals surface area (Å²) in [5.74, 6) is 1.46. The normalized spacial score (nSPS) is 15.4. The van der Waals surface area contributed by atoms with Gasteiger partial charge < -0.3 is 19.4 Å². The average Bonchev–Trinajstić information content (AvgIpc) is 4.15. The van der Waals surface area contributed by atoms with Gasteiger partial charge >= 0.3 is 0 Å². The Morgan fingerprint density at radius 3 is 1.43 bits per heavy atom. The predicted octanol–water partition coefficient (Wildman–Crippen LogP) is 8.59. The van der Waals surface area contributed by atoms with Gasteiger partial charge in [0.05, 0.1) is 23.5 Å². The molecule has 6 aromatic heterocycles. The fraction of sp³-hybridized carbons (Fsp3) is 0.283. The zero-order valence-electron chi connectivity index (χ0n) is 38.2. The molecule has 14 nitrogen and oxygen atoms in total. The molecule has 0 bridgehead atoms. The summed E-state index contributed by atoms with van der Waals surface area (Å²) in [7, 11) is 2.23. The van der Waals surface area contributed by atoms with Crippen molar-refractivity contribution in [2.75, 3.05) is 43.2 Å². The predicted molar refractivity (Wildman–Crippen MR) is 265 cm³/mol. The lowest BCUT2D eigenvalue weighted by molar-refractivity contribution is 0.243. The minimum Gasteiger partial charge on any atom is -0.335 e. The van der Waals surface area contributed by atoms with Crippen LogP contribution in [0.3, 0.4) is 0 Å². The van der Waals surface area contributed by atoms with E-state index in [2.05, 4.69) is 170 Å². The molecule has 0 aliphatic carbocycles. The number of anilines is 2. The summed E-state index contributed by atoms with van der Waals surface area (Å²) < 4.78 is 8.71. The van der Waals surface area contributed by atoms with Gasteiger partial charge in [-0.1, -0.05) is 97.1 Å². The van der Waals surface area contributed by atoms with E-state index in [1.807, 2.05) is 22.9 Å². The van der Waals surface area contributed by atoms with E-state index >= 15 is 0 Å². The molecule has 0 amide bonds. The first-order chi connectivity index (χ1) is 32.9. The number of piperidine rings is 2. The third-order valence-electron chi connectivity index (χ3n) is 13.9. The molecule has 2 saturated heterocycles. The Balaban J connectivity index is 1.10. The second-order valence-electron chi connectivity index (χ2n) is 18.3. The van der Waals surface area contributed by atoms with E-state index in [4.69, 9.17) is 30.6 Å². The first-order valence-corrected chi connectivity index (χ1v) is 23.6. The van der Waals surface area contributed by atoms with Crippen LogP contribution in [0.15, 0.2) is 133 Å². The molecule has 10 aromatic rings. The second-order valence-corrected chi connectivity index (χ2v) is 18.3. The summed E-state index contributed by atoms with van der Waals surface area (Å²) in [4.78, 5) is 2.44. The Morgan fingerprint density at radius 2 is 0.955 bits per heavy atom. The van der Waals surface area contributed by atoms with Gasteiger partial charge in [0.1, 0.15) is 22.8 Å². The molecular weight excluding hydrogens is 833 g/mol. The van der Waals surface area contributed by atoms with E-state index in [0.29, 0.717) is 13.1 Å². The molecule has 14 heteroatoms. The minimum absolute atomic E-state index is 0.109. The Labute approximate surface area is 389 Å². The number of nitrogens with one attached hydrogen (secondary N) is 1. The molecule has 2 fully saturated rings. The third-order valence-corrected chi connectivity index (χ3v) is 13.9. The fourth-order valence-electron chi connectivity index (χ4n) is 10.5. The van der Waals surface area contributed by atoms with Gasteiger partial charge in [0.15, 0.2) is 11.6 Å². The van der Waals surface area contributed by atoms with Crippen LogP contribution in [0.4, 0.5) is 11.4 Å². The SMILES string of the molecule is Cc1nnc2c(N(C3CCNCC3)N(c3cc(-c4cc5ccccc5n4Cc4ccccc4)nn4c(C)nnc34)C3CCN(C)CC3)cc(-c3cc4ccccc4n3Cc3ccccc3)nn12. The molecule has 1 N–H and O–H groups in total. The highest BCUT2D eigenvalue weighted by Crippen LogP contribution is 2.40. The van der Waals surface area contributed by atoms with Crippen molar-refractivity contribution < 1.29 is 0 Å². The summed E-state index contributed by atoms with van der Waals surface area (Å²) in [5, 5.41) is 41.3. The van der Waals surface area contributed by atoms with Crippen molar-refractivity contribution in [1.29, 1.82) is 0 Å². The number of fused-ring (bicyclic) bond motifs is 4. The van der Waals surface area contributed by atoms with Crippen LogP contribution in [0, 0.1) is 13.8 Å². The van der Waals surface area contributed by atoms with Gasteiger partial charge in [-0.3, -0.25) is 10.0 Å². The Hall–Kier alpha value is -7.42. The number of benzene rings is 4.